The topological polar surface area (TPSA) is 20.2 Å². The molecule has 0 bridgehead atoms. The number of aliphatic hydroxyl groups excluding tert-OH is 1. The molecule has 0 aromatic heterocycles. The van der Waals surface area contributed by atoms with Crippen LogP contribution in [0.15, 0.2) is 0 Å². The highest BCUT2D eigenvalue weighted by Crippen LogP contribution is 2.25. The molecule has 0 aliphatic carbocycles. The van der Waals surface area contributed by atoms with Crippen LogP contribution in [0.2, 0.25) is 0 Å². The molecule has 1 N–H and O–H groups in total. The molecule has 0 rings (SSSR count). The Balaban J connectivity index is 3.55. The molecule has 0 fully saturated rings. The Hall–Kier alpha value is 0.180. The minimum Gasteiger partial charge on any atom is -0.374 e. The molecule has 0 heterocycles. The van der Waals surface area contributed by atoms with Crippen molar-refractivity contribution in [2.75, 3.05) is 0 Å². The van der Waals surface area contributed by atoms with Gasteiger partial charge in [0, 0.05) is 0 Å². The fourth-order valence-electron chi connectivity index (χ4n) is 0.840. The van der Waals surface area contributed by atoms with Crippen LogP contribution in [0.5, 0.6) is 0 Å². The van der Waals surface area contributed by atoms with Crippen LogP contribution in [0.1, 0.15) is 39.5 Å². The molecule has 11 heavy (non-hydrogen) atoms. The van der Waals surface area contributed by atoms with Gasteiger partial charge in [0.2, 0.25) is 0 Å². The van der Waals surface area contributed by atoms with E-state index in [-0.39, 0.29) is 0 Å². The van der Waals surface area contributed by atoms with E-state index in [0.717, 1.165) is 19.3 Å². The molecule has 0 aromatic rings. The van der Waals surface area contributed by atoms with Crippen LogP contribution in [0.4, 0.5) is 4.39 Å². The van der Waals surface area contributed by atoms with E-state index in [1.165, 1.54) is 6.92 Å². The average molecular weight is 183 g/mol. The zero-order valence-electron chi connectivity index (χ0n) is 7.11. The van der Waals surface area contributed by atoms with E-state index in [9.17, 15) is 4.39 Å². The number of hydrogen-bond acceptors (Lipinski definition) is 1. The van der Waals surface area contributed by atoms with Crippen molar-refractivity contribution in [3.63, 3.8) is 0 Å². The first-order valence-corrected chi connectivity index (χ1v) is 4.45. The van der Waals surface area contributed by atoms with Gasteiger partial charge >= 0.3 is 0 Å². The van der Waals surface area contributed by atoms with Crippen molar-refractivity contribution in [2.45, 2.75) is 50.8 Å². The fraction of sp³-hybridized carbons (Fsp3) is 1.00. The van der Waals surface area contributed by atoms with Crippen molar-refractivity contribution in [2.24, 2.45) is 0 Å². The largest absolute Gasteiger partial charge is 0.374 e. The van der Waals surface area contributed by atoms with E-state index >= 15 is 0 Å². The third-order valence-corrected chi connectivity index (χ3v) is 2.22. The van der Waals surface area contributed by atoms with Crippen molar-refractivity contribution in [1.82, 2.24) is 0 Å². The van der Waals surface area contributed by atoms with Crippen LogP contribution in [-0.2, 0) is 0 Å². The molecule has 68 valence electrons. The Morgan fingerprint density at radius 3 is 2.45 bits per heavy atom. The molecule has 1 nitrogen and oxygen atoms in total. The van der Waals surface area contributed by atoms with Crippen LogP contribution < -0.4 is 0 Å². The minimum atomic E-state index is -1.63. The SMILES string of the molecule is CCCCCC(C)(F)C(O)Cl. The summed E-state index contributed by atoms with van der Waals surface area (Å²) in [5, 5.41) is 8.77. The standard InChI is InChI=1S/C8H16ClFO/c1-3-4-5-6-8(2,10)7(9)11/h7,11H,3-6H2,1-2H3. The van der Waals surface area contributed by atoms with Gasteiger partial charge < -0.3 is 5.11 Å². The third-order valence-electron chi connectivity index (χ3n) is 1.77. The molecule has 2 atom stereocenters. The summed E-state index contributed by atoms with van der Waals surface area (Å²) in [6.45, 7) is 3.38. The van der Waals surface area contributed by atoms with E-state index in [1.807, 2.05) is 6.92 Å². The minimum absolute atomic E-state index is 0.339. The maximum atomic E-state index is 13.2. The van der Waals surface area contributed by atoms with Crippen LogP contribution in [0, 0.1) is 0 Å². The van der Waals surface area contributed by atoms with E-state index < -0.39 is 11.2 Å². The molecular weight excluding hydrogens is 167 g/mol. The highest BCUT2D eigenvalue weighted by molar-refractivity contribution is 6.20. The molecule has 0 saturated heterocycles. The lowest BCUT2D eigenvalue weighted by molar-refractivity contribution is 0.0485. The monoisotopic (exact) mass is 182 g/mol. The zero-order chi connectivity index (χ0) is 8.91. The molecule has 2 unspecified atom stereocenters. The highest BCUT2D eigenvalue weighted by Gasteiger charge is 2.30. The molecule has 0 aliphatic rings. The summed E-state index contributed by atoms with van der Waals surface area (Å²) in [6.07, 6.45) is 3.16. The number of halogens is 2. The predicted molar refractivity (Wildman–Crippen MR) is 45.5 cm³/mol. The molecule has 0 aliphatic heterocycles. The lowest BCUT2D eigenvalue weighted by Crippen LogP contribution is -2.30. The first-order valence-electron chi connectivity index (χ1n) is 4.01. The van der Waals surface area contributed by atoms with E-state index in [4.69, 9.17) is 16.7 Å². The number of hydrogen-bond donors (Lipinski definition) is 1. The molecular formula is C8H16ClFO. The van der Waals surface area contributed by atoms with Gasteiger partial charge in [-0.05, 0) is 13.3 Å². The zero-order valence-corrected chi connectivity index (χ0v) is 7.86. The average Bonchev–Trinajstić information content (AvgIpc) is 1.88. The first-order chi connectivity index (χ1) is 5.00. The first kappa shape index (κ1) is 11.2. The fourth-order valence-corrected chi connectivity index (χ4v) is 0.949. The van der Waals surface area contributed by atoms with Crippen LogP contribution in [0.25, 0.3) is 0 Å². The number of unbranched alkanes of at least 4 members (excludes halogenated alkanes) is 2. The van der Waals surface area contributed by atoms with Crippen LogP contribution in [-0.4, -0.2) is 16.3 Å². The lowest BCUT2D eigenvalue weighted by atomic mass is 10.0. The maximum Gasteiger partial charge on any atom is 0.161 e. The summed E-state index contributed by atoms with van der Waals surface area (Å²) >= 11 is 5.23. The van der Waals surface area contributed by atoms with Gasteiger partial charge in [-0.15, -0.1) is 0 Å². The highest BCUT2D eigenvalue weighted by atomic mass is 35.5. The van der Waals surface area contributed by atoms with Gasteiger partial charge in [-0.3, -0.25) is 0 Å². The smallest absolute Gasteiger partial charge is 0.161 e. The van der Waals surface area contributed by atoms with Gasteiger partial charge in [0.25, 0.3) is 0 Å². The Bertz CT molecular complexity index is 104. The van der Waals surface area contributed by atoms with Crippen LogP contribution in [0.3, 0.4) is 0 Å². The quantitative estimate of drug-likeness (QED) is 0.512. The van der Waals surface area contributed by atoms with Gasteiger partial charge in [-0.1, -0.05) is 37.8 Å². The Kier molecular flexibility index (Phi) is 5.02. The Labute approximate surface area is 72.6 Å². The van der Waals surface area contributed by atoms with Gasteiger partial charge in [0.1, 0.15) is 5.67 Å². The summed E-state index contributed by atoms with van der Waals surface area (Å²) < 4.78 is 13.2. The second-order valence-electron chi connectivity index (χ2n) is 3.07. The molecule has 0 radical (unpaired) electrons. The summed E-state index contributed by atoms with van der Waals surface area (Å²) in [5.74, 6) is 0. The summed E-state index contributed by atoms with van der Waals surface area (Å²) in [6, 6.07) is 0. The van der Waals surface area contributed by atoms with Gasteiger partial charge in [-0.25, -0.2) is 4.39 Å². The van der Waals surface area contributed by atoms with Crippen molar-refractivity contribution < 1.29 is 9.50 Å². The Morgan fingerprint density at radius 2 is 2.09 bits per heavy atom. The molecule has 0 amide bonds. The maximum absolute atomic E-state index is 13.2. The second-order valence-corrected chi connectivity index (χ2v) is 3.48. The molecule has 0 aromatic carbocycles. The van der Waals surface area contributed by atoms with Crippen molar-refractivity contribution in [1.29, 1.82) is 0 Å². The predicted octanol–water partition coefficient (Wildman–Crippen LogP) is 2.85. The summed E-state index contributed by atoms with van der Waals surface area (Å²) in [5.41, 5.74) is -3.00. The number of rotatable bonds is 5. The summed E-state index contributed by atoms with van der Waals surface area (Å²) in [7, 11) is 0. The number of aliphatic hydroxyl groups is 1. The van der Waals surface area contributed by atoms with E-state index in [1.54, 1.807) is 0 Å². The normalized spacial score (nSPS) is 19.4. The molecule has 0 spiro atoms. The van der Waals surface area contributed by atoms with E-state index in [0.29, 0.717) is 6.42 Å². The van der Waals surface area contributed by atoms with E-state index in [2.05, 4.69) is 0 Å². The van der Waals surface area contributed by atoms with Crippen molar-refractivity contribution in [3.05, 3.63) is 0 Å². The lowest BCUT2D eigenvalue weighted by Gasteiger charge is -2.21. The van der Waals surface area contributed by atoms with Gasteiger partial charge in [0.05, 0.1) is 0 Å². The van der Waals surface area contributed by atoms with Gasteiger partial charge in [0.15, 0.2) is 5.56 Å². The molecule has 3 heteroatoms. The molecule has 0 saturated carbocycles. The summed E-state index contributed by atoms with van der Waals surface area (Å²) in [4.78, 5) is 0. The Morgan fingerprint density at radius 1 is 1.55 bits per heavy atom. The third kappa shape index (κ3) is 4.59. The van der Waals surface area contributed by atoms with Crippen molar-refractivity contribution in [3.8, 4) is 0 Å². The van der Waals surface area contributed by atoms with Crippen molar-refractivity contribution >= 4 is 11.6 Å². The number of alkyl halides is 2. The van der Waals surface area contributed by atoms with Gasteiger partial charge in [-0.2, -0.15) is 0 Å². The van der Waals surface area contributed by atoms with Crippen LogP contribution >= 0.6 is 11.6 Å². The second kappa shape index (κ2) is 4.94.